The van der Waals surface area contributed by atoms with Gasteiger partial charge in [-0.2, -0.15) is 18.4 Å². The number of carbonyl (C=O) groups excluding carboxylic acids is 1. The summed E-state index contributed by atoms with van der Waals surface area (Å²) in [5, 5.41) is 13.7. The Bertz CT molecular complexity index is 950. The summed E-state index contributed by atoms with van der Waals surface area (Å²) < 4.78 is 81.1. The maximum Gasteiger partial charge on any atom is 0.407 e. The van der Waals surface area contributed by atoms with Gasteiger partial charge in [-0.15, -0.1) is 0 Å². The van der Waals surface area contributed by atoms with E-state index in [2.05, 4.69) is 10.6 Å². The molecule has 2 atom stereocenters. The van der Waals surface area contributed by atoms with Crippen LogP contribution in [0.1, 0.15) is 37.3 Å². The first-order chi connectivity index (χ1) is 14.5. The molecule has 0 radical (unpaired) electrons. The fraction of sp³-hybridized carbons (Fsp3) is 0.579. The van der Waals surface area contributed by atoms with Crippen molar-refractivity contribution < 1.29 is 30.8 Å². The zero-order chi connectivity index (χ0) is 22.9. The third-order valence-corrected chi connectivity index (χ3v) is 7.28. The van der Waals surface area contributed by atoms with E-state index in [0.29, 0.717) is 25.7 Å². The first-order valence-electron chi connectivity index (χ1n) is 9.75. The topological polar surface area (TPSA) is 102 Å². The van der Waals surface area contributed by atoms with Crippen LogP contribution in [0.4, 0.5) is 17.6 Å². The van der Waals surface area contributed by atoms with Gasteiger partial charge in [0.25, 0.3) is 0 Å². The van der Waals surface area contributed by atoms with Crippen molar-refractivity contribution in [3.05, 3.63) is 35.6 Å². The van der Waals surface area contributed by atoms with E-state index in [-0.39, 0.29) is 18.7 Å². The van der Waals surface area contributed by atoms with Crippen LogP contribution in [-0.2, 0) is 14.8 Å². The number of rotatable bonds is 8. The highest BCUT2D eigenvalue weighted by atomic mass is 32.2. The molecule has 0 aromatic heterocycles. The number of nitriles is 1. The largest absolute Gasteiger partial charge is 0.407 e. The van der Waals surface area contributed by atoms with E-state index in [1.54, 1.807) is 0 Å². The summed E-state index contributed by atoms with van der Waals surface area (Å²) in [7, 11) is -4.03. The Morgan fingerprint density at radius 2 is 1.77 bits per heavy atom. The summed E-state index contributed by atoms with van der Waals surface area (Å²) in [6.07, 6.45) is -2.97. The van der Waals surface area contributed by atoms with Crippen LogP contribution in [0.3, 0.4) is 0 Å². The highest BCUT2D eigenvalue weighted by Crippen LogP contribution is 2.36. The average molecular weight is 462 g/mol. The smallest absolute Gasteiger partial charge is 0.336 e. The number of amides is 1. The zero-order valence-corrected chi connectivity index (χ0v) is 17.3. The van der Waals surface area contributed by atoms with Crippen molar-refractivity contribution in [3.63, 3.8) is 0 Å². The second-order valence-corrected chi connectivity index (χ2v) is 9.83. The number of nitrogens with zero attached hydrogens (tertiary/aromatic N) is 2. The van der Waals surface area contributed by atoms with Gasteiger partial charge in [0.1, 0.15) is 23.4 Å². The molecule has 1 aliphatic carbocycles. The molecule has 1 aromatic carbocycles. The molecule has 1 aromatic rings. The van der Waals surface area contributed by atoms with Crippen LogP contribution in [0.5, 0.6) is 0 Å². The molecule has 7 nitrogen and oxygen atoms in total. The number of alkyl halides is 3. The summed E-state index contributed by atoms with van der Waals surface area (Å²) in [6, 6.07) is 1.25. The summed E-state index contributed by atoms with van der Waals surface area (Å²) >= 11 is 0. The number of nitrogens with one attached hydrogen (secondary N) is 2. The first kappa shape index (κ1) is 23.4. The van der Waals surface area contributed by atoms with Gasteiger partial charge in [0, 0.05) is 13.1 Å². The number of halogens is 4. The maximum atomic E-state index is 13.8. The van der Waals surface area contributed by atoms with Crippen molar-refractivity contribution >= 4 is 15.9 Å². The van der Waals surface area contributed by atoms with Crippen LogP contribution in [0, 0.1) is 17.1 Å². The van der Waals surface area contributed by atoms with Crippen LogP contribution in [0.15, 0.2) is 24.3 Å². The Morgan fingerprint density at radius 3 is 2.26 bits per heavy atom. The third-order valence-electron chi connectivity index (χ3n) is 5.38. The van der Waals surface area contributed by atoms with Crippen molar-refractivity contribution in [3.8, 4) is 6.07 Å². The highest BCUT2D eigenvalue weighted by Gasteiger charge is 2.48. The van der Waals surface area contributed by atoms with Crippen LogP contribution < -0.4 is 10.6 Å². The number of benzene rings is 1. The van der Waals surface area contributed by atoms with Crippen LogP contribution >= 0.6 is 0 Å². The lowest BCUT2D eigenvalue weighted by Crippen LogP contribution is -2.55. The molecule has 3 rings (SSSR count). The molecule has 170 valence electrons. The van der Waals surface area contributed by atoms with E-state index in [1.165, 1.54) is 0 Å². The van der Waals surface area contributed by atoms with Gasteiger partial charge in [0.2, 0.25) is 15.9 Å². The molecule has 2 fully saturated rings. The van der Waals surface area contributed by atoms with Crippen LogP contribution in [0.25, 0.3) is 0 Å². The lowest BCUT2D eigenvalue weighted by Gasteiger charge is -2.29. The molecule has 1 saturated heterocycles. The Morgan fingerprint density at radius 1 is 1.19 bits per heavy atom. The molecule has 0 unspecified atom stereocenters. The predicted octanol–water partition coefficient (Wildman–Crippen LogP) is 1.99. The molecule has 0 spiro atoms. The molecule has 1 saturated carbocycles. The van der Waals surface area contributed by atoms with Gasteiger partial charge >= 0.3 is 6.18 Å². The Hall–Kier alpha value is -2.23. The Kier molecular flexibility index (Phi) is 6.59. The zero-order valence-electron chi connectivity index (χ0n) is 16.5. The monoisotopic (exact) mass is 462 g/mol. The van der Waals surface area contributed by atoms with E-state index in [1.807, 2.05) is 6.07 Å². The standard InChI is InChI=1S/C19H22F4N4O3S/c20-14-5-3-13(4-6-14)16(19(21,22)23)25-15(17(28)26-18(12-24)7-8-18)11-31(29,30)27-9-1-2-10-27/h3-6,15-16,25H,1-2,7-11H2,(H,26,28)/t15-,16-/m0/s1. The molecule has 12 heteroatoms. The number of carbonyl (C=O) groups is 1. The second-order valence-electron chi connectivity index (χ2n) is 7.81. The van der Waals surface area contributed by atoms with E-state index >= 15 is 0 Å². The van der Waals surface area contributed by atoms with Crippen LogP contribution in [0.2, 0.25) is 0 Å². The molecule has 1 amide bonds. The first-order valence-corrected chi connectivity index (χ1v) is 11.4. The van der Waals surface area contributed by atoms with Gasteiger partial charge in [-0.1, -0.05) is 12.1 Å². The molecule has 31 heavy (non-hydrogen) atoms. The molecule has 1 heterocycles. The summed E-state index contributed by atoms with van der Waals surface area (Å²) in [5.41, 5.74) is -1.55. The van der Waals surface area contributed by atoms with E-state index in [9.17, 15) is 36.0 Å². The van der Waals surface area contributed by atoms with Crippen molar-refractivity contribution in [2.24, 2.45) is 0 Å². The quantitative estimate of drug-likeness (QED) is 0.576. The van der Waals surface area contributed by atoms with E-state index < -0.39 is 51.3 Å². The lowest BCUT2D eigenvalue weighted by atomic mass is 10.0. The van der Waals surface area contributed by atoms with Gasteiger partial charge in [-0.05, 0) is 43.4 Å². The Balaban J connectivity index is 1.88. The summed E-state index contributed by atoms with van der Waals surface area (Å²) in [6.45, 7) is 0.471. The van der Waals surface area contributed by atoms with E-state index in [0.717, 1.165) is 28.6 Å². The molecular formula is C19H22F4N4O3S. The molecule has 1 aliphatic heterocycles. The minimum atomic E-state index is -4.89. The normalized spacial score (nSPS) is 20.6. The lowest BCUT2D eigenvalue weighted by molar-refractivity contribution is -0.160. The predicted molar refractivity (Wildman–Crippen MR) is 102 cm³/mol. The highest BCUT2D eigenvalue weighted by molar-refractivity contribution is 7.89. The van der Waals surface area contributed by atoms with Gasteiger partial charge in [-0.3, -0.25) is 10.1 Å². The average Bonchev–Trinajstić information content (AvgIpc) is 3.23. The number of sulfonamides is 1. The SMILES string of the molecule is N#CC1(NC(=O)[C@H](CS(=O)(=O)N2CCCC2)N[C@@H](c2ccc(F)cc2)C(F)(F)F)CC1. The number of hydrogen-bond acceptors (Lipinski definition) is 5. The Labute approximate surface area is 177 Å². The van der Waals surface area contributed by atoms with Crippen molar-refractivity contribution in [1.29, 1.82) is 5.26 Å². The maximum absolute atomic E-state index is 13.8. The fourth-order valence-electron chi connectivity index (χ4n) is 3.43. The van der Waals surface area contributed by atoms with Crippen molar-refractivity contribution in [2.45, 2.75) is 49.5 Å². The minimum Gasteiger partial charge on any atom is -0.336 e. The third kappa shape index (κ3) is 5.72. The minimum absolute atomic E-state index is 0.236. The summed E-state index contributed by atoms with van der Waals surface area (Å²) in [4.78, 5) is 12.8. The van der Waals surface area contributed by atoms with Crippen molar-refractivity contribution in [2.75, 3.05) is 18.8 Å². The fourth-order valence-corrected chi connectivity index (χ4v) is 5.12. The van der Waals surface area contributed by atoms with Gasteiger partial charge < -0.3 is 5.32 Å². The van der Waals surface area contributed by atoms with Gasteiger partial charge in [0.05, 0.1) is 11.8 Å². The number of hydrogen-bond donors (Lipinski definition) is 2. The molecule has 0 bridgehead atoms. The molecule has 2 aliphatic rings. The van der Waals surface area contributed by atoms with Crippen molar-refractivity contribution in [1.82, 2.24) is 14.9 Å². The molecule has 2 N–H and O–H groups in total. The van der Waals surface area contributed by atoms with Gasteiger partial charge in [0.15, 0.2) is 0 Å². The summed E-state index contributed by atoms with van der Waals surface area (Å²) in [5.74, 6) is -2.63. The van der Waals surface area contributed by atoms with E-state index in [4.69, 9.17) is 0 Å². The van der Waals surface area contributed by atoms with Crippen LogP contribution in [-0.4, -0.2) is 55.2 Å². The van der Waals surface area contributed by atoms with Gasteiger partial charge in [-0.25, -0.2) is 17.1 Å². The molecular weight excluding hydrogens is 440 g/mol. The second kappa shape index (κ2) is 8.72.